The maximum absolute atomic E-state index is 14.1. The molecule has 0 saturated heterocycles. The second kappa shape index (κ2) is 10.1. The Bertz CT molecular complexity index is 1200. The number of nitriles is 1. The molecule has 31 heavy (non-hydrogen) atoms. The average Bonchev–Trinajstić information content (AvgIpc) is 2.76. The first-order chi connectivity index (χ1) is 14.9. The van der Waals surface area contributed by atoms with Crippen LogP contribution < -0.4 is 10.1 Å². The first-order valence-corrected chi connectivity index (χ1v) is 9.96. The lowest BCUT2D eigenvalue weighted by atomic mass is 10.0. The summed E-state index contributed by atoms with van der Waals surface area (Å²) in [6.45, 7) is 0. The van der Waals surface area contributed by atoms with E-state index < -0.39 is 5.91 Å². The van der Waals surface area contributed by atoms with Gasteiger partial charge in [0.25, 0.3) is 5.91 Å². The molecule has 3 rings (SSSR count). The third kappa shape index (κ3) is 5.43. The van der Waals surface area contributed by atoms with Gasteiger partial charge in [0.2, 0.25) is 0 Å². The molecule has 0 fully saturated rings. The Morgan fingerprint density at radius 1 is 1.13 bits per heavy atom. The summed E-state index contributed by atoms with van der Waals surface area (Å²) in [6, 6.07) is 18.2. The first kappa shape index (κ1) is 22.4. The normalized spacial score (nSPS) is 11.0. The second-order valence-corrected chi connectivity index (χ2v) is 7.37. The smallest absolute Gasteiger partial charge is 0.266 e. The van der Waals surface area contributed by atoms with Gasteiger partial charge in [0.05, 0.1) is 17.8 Å². The highest BCUT2D eigenvalue weighted by Gasteiger charge is 2.15. The number of carbonyl (C=O) groups excluding carboxylic acids is 1. The Balaban J connectivity index is 1.91. The van der Waals surface area contributed by atoms with Crippen molar-refractivity contribution in [2.45, 2.75) is 6.42 Å². The highest BCUT2D eigenvalue weighted by atomic mass is 35.5. The highest BCUT2D eigenvalue weighted by Crippen LogP contribution is 2.32. The van der Waals surface area contributed by atoms with Crippen LogP contribution >= 0.6 is 23.2 Å². The van der Waals surface area contributed by atoms with Gasteiger partial charge in [0, 0.05) is 17.0 Å². The van der Waals surface area contributed by atoms with Crippen LogP contribution in [0.3, 0.4) is 0 Å². The van der Waals surface area contributed by atoms with E-state index in [1.165, 1.54) is 19.3 Å². The van der Waals surface area contributed by atoms with Crippen LogP contribution in [0.5, 0.6) is 5.75 Å². The number of para-hydroxylation sites is 1. The van der Waals surface area contributed by atoms with Crippen LogP contribution in [-0.2, 0) is 11.2 Å². The van der Waals surface area contributed by atoms with Crippen molar-refractivity contribution >= 4 is 40.9 Å². The minimum absolute atomic E-state index is 0.139. The van der Waals surface area contributed by atoms with E-state index in [1.54, 1.807) is 54.6 Å². The molecule has 0 spiro atoms. The maximum Gasteiger partial charge on any atom is 0.266 e. The van der Waals surface area contributed by atoms with Crippen molar-refractivity contribution in [3.05, 3.63) is 98.8 Å². The molecule has 0 aliphatic heterocycles. The Morgan fingerprint density at radius 2 is 1.84 bits per heavy atom. The molecule has 0 aromatic heterocycles. The number of halogens is 3. The molecule has 0 radical (unpaired) electrons. The largest absolute Gasteiger partial charge is 0.496 e. The lowest BCUT2D eigenvalue weighted by Gasteiger charge is -2.13. The number of ether oxygens (including phenoxy) is 1. The number of hydrogen-bond acceptors (Lipinski definition) is 3. The number of nitrogens with one attached hydrogen (secondary N) is 1. The molecule has 7 heteroatoms. The summed E-state index contributed by atoms with van der Waals surface area (Å²) >= 11 is 12.5. The molecule has 4 nitrogen and oxygen atoms in total. The molecule has 0 aliphatic rings. The second-order valence-electron chi connectivity index (χ2n) is 6.56. The summed E-state index contributed by atoms with van der Waals surface area (Å²) < 4.78 is 19.5. The van der Waals surface area contributed by atoms with E-state index in [0.717, 1.165) is 0 Å². The lowest BCUT2D eigenvalue weighted by molar-refractivity contribution is -0.112. The van der Waals surface area contributed by atoms with E-state index in [2.05, 4.69) is 5.32 Å². The van der Waals surface area contributed by atoms with Crippen LogP contribution in [0.15, 0.2) is 66.2 Å². The van der Waals surface area contributed by atoms with Gasteiger partial charge >= 0.3 is 0 Å². The van der Waals surface area contributed by atoms with E-state index in [9.17, 15) is 14.4 Å². The molecule has 156 valence electrons. The third-order valence-electron chi connectivity index (χ3n) is 4.52. The van der Waals surface area contributed by atoms with Gasteiger partial charge < -0.3 is 10.1 Å². The number of nitrogens with zero attached hydrogens (tertiary/aromatic N) is 1. The summed E-state index contributed by atoms with van der Waals surface area (Å²) in [6.07, 6.45) is 1.63. The van der Waals surface area contributed by atoms with Crippen LogP contribution in [0.25, 0.3) is 6.08 Å². The van der Waals surface area contributed by atoms with Gasteiger partial charge in [0.1, 0.15) is 23.2 Å². The molecular weight excluding hydrogens is 438 g/mol. The van der Waals surface area contributed by atoms with Crippen molar-refractivity contribution in [1.29, 1.82) is 5.26 Å². The summed E-state index contributed by atoms with van der Waals surface area (Å²) in [5.74, 6) is -0.528. The highest BCUT2D eigenvalue weighted by molar-refractivity contribution is 6.34. The molecule has 3 aromatic rings. The predicted octanol–water partition coefficient (Wildman–Crippen LogP) is 6.28. The number of benzene rings is 3. The molecule has 0 atom stereocenters. The Kier molecular flexibility index (Phi) is 7.30. The minimum atomic E-state index is -0.610. The van der Waals surface area contributed by atoms with Crippen LogP contribution in [0, 0.1) is 17.1 Å². The van der Waals surface area contributed by atoms with Crippen molar-refractivity contribution in [2.75, 3.05) is 12.4 Å². The Morgan fingerprint density at radius 3 is 2.52 bits per heavy atom. The van der Waals surface area contributed by atoms with E-state index in [1.807, 2.05) is 6.07 Å². The van der Waals surface area contributed by atoms with E-state index in [-0.39, 0.29) is 17.8 Å². The topological polar surface area (TPSA) is 62.1 Å². The quantitative estimate of drug-likeness (QED) is 0.352. The van der Waals surface area contributed by atoms with Crippen molar-refractivity contribution in [3.63, 3.8) is 0 Å². The Labute approximate surface area is 189 Å². The monoisotopic (exact) mass is 454 g/mol. The molecular formula is C24H17Cl2FN2O2. The molecule has 1 N–H and O–H groups in total. The molecule has 0 bridgehead atoms. The standard InChI is InChI=1S/C24H17Cl2FN2O2/c1-31-23-12-15(11-20(26)18(23)13-16-6-2-4-8-21(16)27)10-17(14-28)24(30)29-22-9-5-3-7-19(22)25/h2-12H,13H2,1H3,(H,29,30)/b17-10+. The lowest BCUT2D eigenvalue weighted by Crippen LogP contribution is -2.13. The molecule has 3 aromatic carbocycles. The van der Waals surface area contributed by atoms with Gasteiger partial charge in [-0.3, -0.25) is 4.79 Å². The number of rotatable bonds is 6. The number of carbonyl (C=O) groups is 1. The molecule has 0 heterocycles. The van der Waals surface area contributed by atoms with Gasteiger partial charge in [-0.1, -0.05) is 53.5 Å². The van der Waals surface area contributed by atoms with E-state index in [0.29, 0.717) is 38.2 Å². The fourth-order valence-corrected chi connectivity index (χ4v) is 3.44. The summed E-state index contributed by atoms with van der Waals surface area (Å²) in [5.41, 5.74) is 1.82. The fraction of sp³-hybridized carbons (Fsp3) is 0.0833. The fourth-order valence-electron chi connectivity index (χ4n) is 2.97. The summed E-state index contributed by atoms with van der Waals surface area (Å²) in [5, 5.41) is 12.8. The maximum atomic E-state index is 14.1. The van der Waals surface area contributed by atoms with Crippen LogP contribution in [0.4, 0.5) is 10.1 Å². The summed E-state index contributed by atoms with van der Waals surface area (Å²) in [7, 11) is 1.47. The third-order valence-corrected chi connectivity index (χ3v) is 5.19. The first-order valence-electron chi connectivity index (χ1n) is 9.20. The van der Waals surface area contributed by atoms with Crippen molar-refractivity contribution in [1.82, 2.24) is 0 Å². The van der Waals surface area contributed by atoms with Crippen molar-refractivity contribution in [2.24, 2.45) is 0 Å². The van der Waals surface area contributed by atoms with Gasteiger partial charge in [0.15, 0.2) is 0 Å². The van der Waals surface area contributed by atoms with Gasteiger partial charge in [-0.2, -0.15) is 5.26 Å². The van der Waals surface area contributed by atoms with Crippen molar-refractivity contribution < 1.29 is 13.9 Å². The number of amides is 1. The molecule has 0 aliphatic carbocycles. The van der Waals surface area contributed by atoms with E-state index in [4.69, 9.17) is 27.9 Å². The van der Waals surface area contributed by atoms with E-state index >= 15 is 0 Å². The van der Waals surface area contributed by atoms with Crippen LogP contribution in [0.2, 0.25) is 10.0 Å². The van der Waals surface area contributed by atoms with Gasteiger partial charge in [-0.15, -0.1) is 0 Å². The minimum Gasteiger partial charge on any atom is -0.496 e. The predicted molar refractivity (Wildman–Crippen MR) is 121 cm³/mol. The summed E-state index contributed by atoms with van der Waals surface area (Å²) in [4.78, 5) is 12.5. The SMILES string of the molecule is COc1cc(/C=C(\C#N)C(=O)Nc2ccccc2Cl)cc(Cl)c1Cc1ccccc1F. The molecule has 1 amide bonds. The zero-order chi connectivity index (χ0) is 22.4. The molecule has 0 saturated carbocycles. The van der Waals surface area contributed by atoms with Crippen LogP contribution in [-0.4, -0.2) is 13.0 Å². The zero-order valence-electron chi connectivity index (χ0n) is 16.5. The number of anilines is 1. The van der Waals surface area contributed by atoms with Gasteiger partial charge in [-0.25, -0.2) is 4.39 Å². The van der Waals surface area contributed by atoms with Crippen molar-refractivity contribution in [3.8, 4) is 11.8 Å². The zero-order valence-corrected chi connectivity index (χ0v) is 18.0. The average molecular weight is 455 g/mol. The number of hydrogen-bond donors (Lipinski definition) is 1. The van der Waals surface area contributed by atoms with Gasteiger partial charge in [-0.05, 0) is 47.5 Å². The Hall–Kier alpha value is -3.33. The van der Waals surface area contributed by atoms with Crippen LogP contribution in [0.1, 0.15) is 16.7 Å². The molecule has 0 unspecified atom stereocenters. The number of methoxy groups -OCH3 is 1.